The van der Waals surface area contributed by atoms with Gasteiger partial charge in [-0.05, 0) is 37.8 Å². The maximum atomic E-state index is 10.3. The van der Waals surface area contributed by atoms with Crippen molar-refractivity contribution in [2.45, 2.75) is 46.6 Å². The van der Waals surface area contributed by atoms with E-state index in [1.165, 1.54) is 12.1 Å². The Bertz CT molecular complexity index is 435. The fourth-order valence-electron chi connectivity index (χ4n) is 2.02. The van der Waals surface area contributed by atoms with Crippen LogP contribution in [0.15, 0.2) is 24.3 Å². The largest absolute Gasteiger partial charge is 0.478 e. The Kier molecular flexibility index (Phi) is 6.51. The van der Waals surface area contributed by atoms with Crippen molar-refractivity contribution in [2.24, 2.45) is 5.41 Å². The summed E-state index contributed by atoms with van der Waals surface area (Å²) >= 11 is 0. The molecule has 6 heteroatoms. The maximum absolute atomic E-state index is 10.3. The Hall–Kier alpha value is -1.95. The molecule has 1 rings (SSSR count). The number of carboxylic acid groups (broad SMARTS) is 1. The molecule has 0 fully saturated rings. The SMILES string of the molecule is CC(C)(C)CC(C)(C)O.O=C(O)c1ccc([N+](=O)[O-])cc1. The summed E-state index contributed by atoms with van der Waals surface area (Å²) in [6, 6.07) is 4.70. The smallest absolute Gasteiger partial charge is 0.335 e. The fourth-order valence-corrected chi connectivity index (χ4v) is 2.02. The molecule has 0 aliphatic rings. The molecule has 118 valence electrons. The van der Waals surface area contributed by atoms with Gasteiger partial charge in [0, 0.05) is 12.1 Å². The van der Waals surface area contributed by atoms with Crippen LogP contribution in [0.4, 0.5) is 5.69 Å². The molecule has 6 nitrogen and oxygen atoms in total. The molecule has 0 aliphatic carbocycles. The summed E-state index contributed by atoms with van der Waals surface area (Å²) in [4.78, 5) is 19.9. The lowest BCUT2D eigenvalue weighted by Crippen LogP contribution is -2.25. The summed E-state index contributed by atoms with van der Waals surface area (Å²) in [5.41, 5.74) is -0.350. The molecular formula is C15H23NO5. The van der Waals surface area contributed by atoms with E-state index in [0.717, 1.165) is 18.6 Å². The van der Waals surface area contributed by atoms with Crippen LogP contribution < -0.4 is 0 Å². The van der Waals surface area contributed by atoms with Crippen LogP contribution >= 0.6 is 0 Å². The van der Waals surface area contributed by atoms with Crippen LogP contribution in [0.3, 0.4) is 0 Å². The standard InChI is InChI=1S/C8H18O.C7H5NO4/c1-7(2,3)6-8(4,5)9;9-7(10)5-1-3-6(4-2-5)8(11)12/h9H,6H2,1-5H3;1-4H,(H,9,10). The van der Waals surface area contributed by atoms with E-state index >= 15 is 0 Å². The van der Waals surface area contributed by atoms with Gasteiger partial charge in [0.2, 0.25) is 0 Å². The molecule has 0 atom stereocenters. The first kappa shape index (κ1) is 19.1. The van der Waals surface area contributed by atoms with Crippen molar-refractivity contribution >= 4 is 11.7 Å². The molecule has 1 aromatic carbocycles. The van der Waals surface area contributed by atoms with Gasteiger partial charge in [-0.1, -0.05) is 20.8 Å². The lowest BCUT2D eigenvalue weighted by atomic mass is 9.84. The van der Waals surface area contributed by atoms with Gasteiger partial charge in [0.25, 0.3) is 5.69 Å². The first-order chi connectivity index (χ1) is 9.32. The zero-order chi connectivity index (χ0) is 16.8. The van der Waals surface area contributed by atoms with Crippen molar-refractivity contribution in [1.29, 1.82) is 0 Å². The predicted octanol–water partition coefficient (Wildman–Crippen LogP) is 3.49. The average molecular weight is 297 g/mol. The second-order valence-electron chi connectivity index (χ2n) is 6.66. The van der Waals surface area contributed by atoms with E-state index in [4.69, 9.17) is 5.11 Å². The quantitative estimate of drug-likeness (QED) is 0.657. The van der Waals surface area contributed by atoms with Crippen molar-refractivity contribution in [1.82, 2.24) is 0 Å². The van der Waals surface area contributed by atoms with Gasteiger partial charge in [0.05, 0.1) is 16.1 Å². The number of rotatable bonds is 3. The Balaban J connectivity index is 0.000000400. The number of carboxylic acids is 1. The molecule has 0 bridgehead atoms. The normalized spacial score (nSPS) is 11.3. The number of hydrogen-bond acceptors (Lipinski definition) is 4. The van der Waals surface area contributed by atoms with Crippen LogP contribution in [0.2, 0.25) is 0 Å². The number of aromatic carboxylic acids is 1. The molecule has 0 radical (unpaired) electrons. The third-order valence-corrected chi connectivity index (χ3v) is 2.29. The molecule has 0 heterocycles. The van der Waals surface area contributed by atoms with E-state index in [-0.39, 0.29) is 16.7 Å². The van der Waals surface area contributed by atoms with Gasteiger partial charge in [0.15, 0.2) is 0 Å². The van der Waals surface area contributed by atoms with E-state index in [1.807, 2.05) is 13.8 Å². The number of nitro groups is 1. The van der Waals surface area contributed by atoms with Crippen LogP contribution in [0, 0.1) is 15.5 Å². The minimum Gasteiger partial charge on any atom is -0.478 e. The van der Waals surface area contributed by atoms with E-state index in [9.17, 15) is 20.0 Å². The lowest BCUT2D eigenvalue weighted by molar-refractivity contribution is -0.384. The number of non-ortho nitro benzene ring substituents is 1. The fraction of sp³-hybridized carbons (Fsp3) is 0.533. The third-order valence-electron chi connectivity index (χ3n) is 2.29. The predicted molar refractivity (Wildman–Crippen MR) is 80.4 cm³/mol. The van der Waals surface area contributed by atoms with Crippen molar-refractivity contribution in [3.05, 3.63) is 39.9 Å². The average Bonchev–Trinajstić information content (AvgIpc) is 2.24. The zero-order valence-corrected chi connectivity index (χ0v) is 13.1. The maximum Gasteiger partial charge on any atom is 0.335 e. The van der Waals surface area contributed by atoms with E-state index in [0.29, 0.717) is 0 Å². The highest BCUT2D eigenvalue weighted by molar-refractivity contribution is 5.87. The van der Waals surface area contributed by atoms with Gasteiger partial charge < -0.3 is 10.2 Å². The zero-order valence-electron chi connectivity index (χ0n) is 13.1. The van der Waals surface area contributed by atoms with Gasteiger partial charge in [-0.15, -0.1) is 0 Å². The molecule has 0 spiro atoms. The van der Waals surface area contributed by atoms with Gasteiger partial charge in [0.1, 0.15) is 0 Å². The first-order valence-electron chi connectivity index (χ1n) is 6.52. The highest BCUT2D eigenvalue weighted by atomic mass is 16.6. The summed E-state index contributed by atoms with van der Waals surface area (Å²) in [7, 11) is 0. The monoisotopic (exact) mass is 297 g/mol. The Morgan fingerprint density at radius 2 is 1.57 bits per heavy atom. The molecule has 0 saturated carbocycles. The van der Waals surface area contributed by atoms with Crippen LogP contribution in [0.25, 0.3) is 0 Å². The highest BCUT2D eigenvalue weighted by Gasteiger charge is 2.21. The van der Waals surface area contributed by atoms with Gasteiger partial charge in [-0.2, -0.15) is 0 Å². The number of aliphatic hydroxyl groups is 1. The molecule has 2 N–H and O–H groups in total. The molecule has 1 aromatic rings. The first-order valence-corrected chi connectivity index (χ1v) is 6.52. The number of nitro benzene ring substituents is 1. The number of carbonyl (C=O) groups is 1. The Morgan fingerprint density at radius 3 is 1.76 bits per heavy atom. The summed E-state index contributed by atoms with van der Waals surface area (Å²) < 4.78 is 0. The van der Waals surface area contributed by atoms with Gasteiger partial charge >= 0.3 is 5.97 Å². The summed E-state index contributed by atoms with van der Waals surface area (Å²) in [6.45, 7) is 10.1. The van der Waals surface area contributed by atoms with Crippen molar-refractivity contribution in [2.75, 3.05) is 0 Å². The van der Waals surface area contributed by atoms with E-state index < -0.39 is 16.5 Å². The molecule has 21 heavy (non-hydrogen) atoms. The van der Waals surface area contributed by atoms with Crippen LogP contribution in [-0.4, -0.2) is 26.7 Å². The van der Waals surface area contributed by atoms with Gasteiger partial charge in [-0.25, -0.2) is 4.79 Å². The molecule has 0 amide bonds. The topological polar surface area (TPSA) is 101 Å². The Labute approximate surface area is 124 Å². The number of benzene rings is 1. The Morgan fingerprint density at radius 1 is 1.14 bits per heavy atom. The summed E-state index contributed by atoms with van der Waals surface area (Å²) in [5, 5.41) is 27.9. The number of hydrogen-bond donors (Lipinski definition) is 2. The van der Waals surface area contributed by atoms with Crippen molar-refractivity contribution < 1.29 is 19.9 Å². The molecule has 0 saturated heterocycles. The number of nitrogens with zero attached hydrogens (tertiary/aromatic N) is 1. The molecular weight excluding hydrogens is 274 g/mol. The molecule has 0 aliphatic heterocycles. The van der Waals surface area contributed by atoms with E-state index in [2.05, 4.69) is 20.8 Å². The summed E-state index contributed by atoms with van der Waals surface area (Å²) in [5.74, 6) is -1.09. The second kappa shape index (κ2) is 7.17. The second-order valence-corrected chi connectivity index (χ2v) is 6.66. The minimum atomic E-state index is -1.09. The van der Waals surface area contributed by atoms with Gasteiger partial charge in [-0.3, -0.25) is 10.1 Å². The van der Waals surface area contributed by atoms with Crippen LogP contribution in [0.5, 0.6) is 0 Å². The summed E-state index contributed by atoms with van der Waals surface area (Å²) in [6.07, 6.45) is 0.847. The van der Waals surface area contributed by atoms with Crippen molar-refractivity contribution in [3.63, 3.8) is 0 Å². The van der Waals surface area contributed by atoms with E-state index in [1.54, 1.807) is 0 Å². The minimum absolute atomic E-state index is 0.0422. The van der Waals surface area contributed by atoms with Crippen LogP contribution in [-0.2, 0) is 0 Å². The lowest BCUT2D eigenvalue weighted by Gasteiger charge is -2.27. The molecule has 0 unspecified atom stereocenters. The van der Waals surface area contributed by atoms with Crippen LogP contribution in [0.1, 0.15) is 51.4 Å². The highest BCUT2D eigenvalue weighted by Crippen LogP contribution is 2.26. The van der Waals surface area contributed by atoms with Crippen molar-refractivity contribution in [3.8, 4) is 0 Å². The molecule has 0 aromatic heterocycles. The third kappa shape index (κ3) is 9.56.